The molecule has 1 saturated heterocycles. The van der Waals surface area contributed by atoms with Crippen molar-refractivity contribution < 1.29 is 9.59 Å². The molecule has 148 valence electrons. The molecule has 1 fully saturated rings. The molecule has 1 heterocycles. The molecule has 3 N–H and O–H groups in total. The fourth-order valence-electron chi connectivity index (χ4n) is 3.28. The van der Waals surface area contributed by atoms with Crippen molar-refractivity contribution in [3.63, 3.8) is 0 Å². The lowest BCUT2D eigenvalue weighted by Crippen LogP contribution is -2.32. The van der Waals surface area contributed by atoms with Gasteiger partial charge in [-0.3, -0.25) is 9.59 Å². The van der Waals surface area contributed by atoms with E-state index in [0.29, 0.717) is 0 Å². The summed E-state index contributed by atoms with van der Waals surface area (Å²) in [5.41, 5.74) is 3.55. The van der Waals surface area contributed by atoms with Gasteiger partial charge in [0.05, 0.1) is 6.54 Å². The maximum absolute atomic E-state index is 12.2. The van der Waals surface area contributed by atoms with E-state index in [1.165, 1.54) is 25.5 Å². The number of carbonyl (C=O) groups is 2. The van der Waals surface area contributed by atoms with Gasteiger partial charge in [0, 0.05) is 42.8 Å². The van der Waals surface area contributed by atoms with Crippen LogP contribution in [0.2, 0.25) is 0 Å². The van der Waals surface area contributed by atoms with Gasteiger partial charge < -0.3 is 20.9 Å². The van der Waals surface area contributed by atoms with Crippen molar-refractivity contribution in [3.05, 3.63) is 48.5 Å². The first-order valence-electron chi connectivity index (χ1n) is 9.76. The van der Waals surface area contributed by atoms with E-state index in [4.69, 9.17) is 0 Å². The average molecular weight is 380 g/mol. The minimum atomic E-state index is -0.110. The van der Waals surface area contributed by atoms with Crippen molar-refractivity contribution in [2.75, 3.05) is 40.5 Å². The summed E-state index contributed by atoms with van der Waals surface area (Å²) in [6.45, 7) is 6.14. The SMILES string of the molecule is CC(=O)Nc1ccc(NCC(=O)Nc2ccc(N3CCC(C)CC3)cc2)cc1. The molecule has 0 radical (unpaired) electrons. The molecule has 0 saturated carbocycles. The molecule has 0 spiro atoms. The second-order valence-corrected chi connectivity index (χ2v) is 7.38. The first kappa shape index (κ1) is 19.7. The Hall–Kier alpha value is -3.02. The highest BCUT2D eigenvalue weighted by atomic mass is 16.2. The van der Waals surface area contributed by atoms with Crippen LogP contribution in [-0.2, 0) is 9.59 Å². The summed E-state index contributed by atoms with van der Waals surface area (Å²) in [6.07, 6.45) is 2.46. The first-order valence-corrected chi connectivity index (χ1v) is 9.76. The van der Waals surface area contributed by atoms with E-state index in [1.807, 2.05) is 24.3 Å². The molecule has 1 aliphatic heterocycles. The molecule has 0 atom stereocenters. The van der Waals surface area contributed by atoms with Crippen molar-refractivity contribution in [1.82, 2.24) is 0 Å². The van der Waals surface area contributed by atoms with Gasteiger partial charge in [0.2, 0.25) is 11.8 Å². The Labute approximate surface area is 166 Å². The van der Waals surface area contributed by atoms with Crippen molar-refractivity contribution in [1.29, 1.82) is 0 Å². The number of anilines is 4. The van der Waals surface area contributed by atoms with Gasteiger partial charge in [-0.05, 0) is 67.3 Å². The second kappa shape index (κ2) is 9.26. The topological polar surface area (TPSA) is 73.5 Å². The Balaban J connectivity index is 1.46. The largest absolute Gasteiger partial charge is 0.376 e. The van der Waals surface area contributed by atoms with Crippen LogP contribution in [0.3, 0.4) is 0 Å². The number of hydrogen-bond donors (Lipinski definition) is 3. The summed E-state index contributed by atoms with van der Waals surface area (Å²) in [6, 6.07) is 15.3. The van der Waals surface area contributed by atoms with Crippen LogP contribution in [0.15, 0.2) is 48.5 Å². The second-order valence-electron chi connectivity index (χ2n) is 7.38. The third-order valence-electron chi connectivity index (χ3n) is 4.96. The normalized spacial score (nSPS) is 14.4. The first-order chi connectivity index (χ1) is 13.5. The van der Waals surface area contributed by atoms with Gasteiger partial charge in [0.1, 0.15) is 0 Å². The third-order valence-corrected chi connectivity index (χ3v) is 4.96. The molecule has 0 aromatic heterocycles. The number of nitrogens with one attached hydrogen (secondary N) is 3. The number of benzene rings is 2. The van der Waals surface area contributed by atoms with Crippen LogP contribution in [0.5, 0.6) is 0 Å². The van der Waals surface area contributed by atoms with E-state index >= 15 is 0 Å². The summed E-state index contributed by atoms with van der Waals surface area (Å²) < 4.78 is 0. The lowest BCUT2D eigenvalue weighted by Gasteiger charge is -2.32. The molecule has 28 heavy (non-hydrogen) atoms. The minimum Gasteiger partial charge on any atom is -0.376 e. The van der Waals surface area contributed by atoms with E-state index in [1.54, 1.807) is 12.1 Å². The van der Waals surface area contributed by atoms with Crippen LogP contribution < -0.4 is 20.9 Å². The predicted molar refractivity (Wildman–Crippen MR) is 115 cm³/mol. The molecule has 3 rings (SSSR count). The van der Waals surface area contributed by atoms with Crippen LogP contribution in [0.1, 0.15) is 26.7 Å². The van der Waals surface area contributed by atoms with Gasteiger partial charge in [-0.2, -0.15) is 0 Å². The van der Waals surface area contributed by atoms with Crippen LogP contribution >= 0.6 is 0 Å². The highest BCUT2D eigenvalue weighted by molar-refractivity contribution is 5.94. The van der Waals surface area contributed by atoms with Crippen molar-refractivity contribution >= 4 is 34.6 Å². The quantitative estimate of drug-likeness (QED) is 0.710. The van der Waals surface area contributed by atoms with Gasteiger partial charge in [-0.25, -0.2) is 0 Å². The zero-order valence-corrected chi connectivity index (χ0v) is 16.5. The minimum absolute atomic E-state index is 0.106. The van der Waals surface area contributed by atoms with E-state index in [-0.39, 0.29) is 18.4 Å². The fourth-order valence-corrected chi connectivity index (χ4v) is 3.28. The monoisotopic (exact) mass is 380 g/mol. The van der Waals surface area contributed by atoms with E-state index in [9.17, 15) is 9.59 Å². The van der Waals surface area contributed by atoms with Gasteiger partial charge in [0.15, 0.2) is 0 Å². The lowest BCUT2D eigenvalue weighted by atomic mass is 9.99. The molecule has 2 aromatic rings. The number of nitrogens with zero attached hydrogens (tertiary/aromatic N) is 1. The number of rotatable bonds is 6. The summed E-state index contributed by atoms with van der Waals surface area (Å²) >= 11 is 0. The Bertz CT molecular complexity index is 794. The van der Waals surface area contributed by atoms with Crippen molar-refractivity contribution in [2.24, 2.45) is 5.92 Å². The molecule has 6 nitrogen and oxygen atoms in total. The summed E-state index contributed by atoms with van der Waals surface area (Å²) in [4.78, 5) is 25.6. The van der Waals surface area contributed by atoms with Crippen LogP contribution in [-0.4, -0.2) is 31.4 Å². The predicted octanol–water partition coefficient (Wildman–Crippen LogP) is 3.93. The smallest absolute Gasteiger partial charge is 0.243 e. The zero-order valence-electron chi connectivity index (χ0n) is 16.5. The molecule has 1 aliphatic rings. The molecular weight excluding hydrogens is 352 g/mol. The third kappa shape index (κ3) is 5.74. The maximum atomic E-state index is 12.2. The standard InChI is InChI=1S/C22H28N4O2/c1-16-11-13-26(14-12-16)21-9-7-20(8-10-21)25-22(28)15-23-18-3-5-19(6-4-18)24-17(2)27/h3-10,16,23H,11-15H2,1-2H3,(H,24,27)(H,25,28). The summed E-state index contributed by atoms with van der Waals surface area (Å²) in [7, 11) is 0. The molecule has 0 aliphatic carbocycles. The van der Waals surface area contributed by atoms with Crippen molar-refractivity contribution in [3.8, 4) is 0 Å². The Morgan fingerprint density at radius 1 is 0.893 bits per heavy atom. The Morgan fingerprint density at radius 3 is 2.04 bits per heavy atom. The molecular formula is C22H28N4O2. The average Bonchev–Trinajstić information content (AvgIpc) is 2.68. The molecule has 0 bridgehead atoms. The molecule has 6 heteroatoms. The van der Waals surface area contributed by atoms with Crippen LogP contribution in [0.4, 0.5) is 22.7 Å². The number of piperidine rings is 1. The Kier molecular flexibility index (Phi) is 6.53. The summed E-state index contributed by atoms with van der Waals surface area (Å²) in [5, 5.41) is 8.70. The van der Waals surface area contributed by atoms with Crippen LogP contribution in [0, 0.1) is 5.92 Å². The number of carbonyl (C=O) groups excluding carboxylic acids is 2. The van der Waals surface area contributed by atoms with Gasteiger partial charge in [-0.15, -0.1) is 0 Å². The number of hydrogen-bond acceptors (Lipinski definition) is 4. The van der Waals surface area contributed by atoms with E-state index in [0.717, 1.165) is 36.1 Å². The van der Waals surface area contributed by atoms with Crippen LogP contribution in [0.25, 0.3) is 0 Å². The van der Waals surface area contributed by atoms with Crippen molar-refractivity contribution in [2.45, 2.75) is 26.7 Å². The number of amides is 2. The summed E-state index contributed by atoms with van der Waals surface area (Å²) in [5.74, 6) is 0.593. The van der Waals surface area contributed by atoms with Gasteiger partial charge >= 0.3 is 0 Å². The fraction of sp³-hybridized carbons (Fsp3) is 0.364. The molecule has 2 amide bonds. The van der Waals surface area contributed by atoms with E-state index < -0.39 is 0 Å². The lowest BCUT2D eigenvalue weighted by molar-refractivity contribution is -0.115. The van der Waals surface area contributed by atoms with Gasteiger partial charge in [-0.1, -0.05) is 6.92 Å². The maximum Gasteiger partial charge on any atom is 0.243 e. The highest BCUT2D eigenvalue weighted by Crippen LogP contribution is 2.24. The van der Waals surface area contributed by atoms with E-state index in [2.05, 4.69) is 39.9 Å². The highest BCUT2D eigenvalue weighted by Gasteiger charge is 2.15. The Morgan fingerprint density at radius 2 is 1.43 bits per heavy atom. The van der Waals surface area contributed by atoms with Gasteiger partial charge in [0.25, 0.3) is 0 Å². The molecule has 2 aromatic carbocycles. The zero-order chi connectivity index (χ0) is 19.9. The molecule has 0 unspecified atom stereocenters.